The smallest absolute Gasteiger partial charge is 0.126 e. The van der Waals surface area contributed by atoms with Gasteiger partial charge in [0.25, 0.3) is 0 Å². The first-order chi connectivity index (χ1) is 8.61. The van der Waals surface area contributed by atoms with Gasteiger partial charge in [0, 0.05) is 17.6 Å². The van der Waals surface area contributed by atoms with E-state index < -0.39 is 0 Å². The standard InChI is InChI=1S/C14H17ClFNO/c1-9-4-12(15)11(5-13(9)16)14(7-18-8-14)6-17-10-2-3-10/h4-5,10,17H,2-3,6-8H2,1H3. The Balaban J connectivity index is 1.87. The van der Waals surface area contributed by atoms with Crippen molar-refractivity contribution in [2.24, 2.45) is 0 Å². The average Bonchev–Trinajstić information content (AvgIpc) is 3.07. The van der Waals surface area contributed by atoms with Gasteiger partial charge in [-0.25, -0.2) is 4.39 Å². The lowest BCUT2D eigenvalue weighted by molar-refractivity contribution is -0.0592. The second-order valence-electron chi connectivity index (χ2n) is 5.51. The molecule has 1 N–H and O–H groups in total. The van der Waals surface area contributed by atoms with E-state index in [9.17, 15) is 4.39 Å². The Kier molecular flexibility index (Phi) is 3.08. The second kappa shape index (κ2) is 4.48. The first-order valence-corrected chi connectivity index (χ1v) is 6.76. The molecule has 1 saturated heterocycles. The lowest BCUT2D eigenvalue weighted by Gasteiger charge is -2.42. The Morgan fingerprint density at radius 1 is 1.44 bits per heavy atom. The highest BCUT2D eigenvalue weighted by Crippen LogP contribution is 2.38. The van der Waals surface area contributed by atoms with Gasteiger partial charge in [0.15, 0.2) is 0 Å². The number of aryl methyl sites for hydroxylation is 1. The molecule has 1 aliphatic heterocycles. The molecular formula is C14H17ClFNO. The Bertz CT molecular complexity index is 469. The molecule has 0 atom stereocenters. The summed E-state index contributed by atoms with van der Waals surface area (Å²) < 4.78 is 19.1. The Morgan fingerprint density at radius 3 is 2.72 bits per heavy atom. The van der Waals surface area contributed by atoms with Gasteiger partial charge in [-0.3, -0.25) is 0 Å². The minimum absolute atomic E-state index is 0.145. The first kappa shape index (κ1) is 12.4. The number of benzene rings is 1. The largest absolute Gasteiger partial charge is 0.379 e. The van der Waals surface area contributed by atoms with Crippen LogP contribution in [0.4, 0.5) is 4.39 Å². The number of halogens is 2. The summed E-state index contributed by atoms with van der Waals surface area (Å²) in [5.41, 5.74) is 1.33. The van der Waals surface area contributed by atoms with Crippen LogP contribution in [-0.2, 0) is 10.2 Å². The third-order valence-corrected chi connectivity index (χ3v) is 4.20. The Hall–Kier alpha value is -0.640. The molecule has 0 spiro atoms. The lowest BCUT2D eigenvalue weighted by Crippen LogP contribution is -2.54. The van der Waals surface area contributed by atoms with Gasteiger partial charge in [-0.15, -0.1) is 0 Å². The monoisotopic (exact) mass is 269 g/mol. The number of hydrogen-bond donors (Lipinski definition) is 1. The van der Waals surface area contributed by atoms with E-state index >= 15 is 0 Å². The quantitative estimate of drug-likeness (QED) is 0.908. The van der Waals surface area contributed by atoms with Gasteiger partial charge < -0.3 is 10.1 Å². The number of nitrogens with one attached hydrogen (secondary N) is 1. The zero-order valence-electron chi connectivity index (χ0n) is 10.4. The van der Waals surface area contributed by atoms with Gasteiger partial charge in [-0.1, -0.05) is 11.6 Å². The molecule has 0 radical (unpaired) electrons. The molecular weight excluding hydrogens is 253 g/mol. The fourth-order valence-corrected chi connectivity index (χ4v) is 2.80. The van der Waals surface area contributed by atoms with E-state index in [1.165, 1.54) is 12.8 Å². The van der Waals surface area contributed by atoms with E-state index in [0.29, 0.717) is 29.8 Å². The van der Waals surface area contributed by atoms with Gasteiger partial charge in [0.1, 0.15) is 5.82 Å². The molecule has 0 unspecified atom stereocenters. The maximum absolute atomic E-state index is 13.7. The van der Waals surface area contributed by atoms with E-state index in [4.69, 9.17) is 16.3 Å². The Labute approximate surface area is 111 Å². The maximum Gasteiger partial charge on any atom is 0.126 e. The molecule has 18 heavy (non-hydrogen) atoms. The van der Waals surface area contributed by atoms with Crippen molar-refractivity contribution in [3.63, 3.8) is 0 Å². The van der Waals surface area contributed by atoms with Crippen molar-refractivity contribution < 1.29 is 9.13 Å². The molecule has 1 heterocycles. The topological polar surface area (TPSA) is 21.3 Å². The summed E-state index contributed by atoms with van der Waals surface area (Å²) in [5.74, 6) is -0.188. The summed E-state index contributed by atoms with van der Waals surface area (Å²) >= 11 is 6.28. The predicted molar refractivity (Wildman–Crippen MR) is 69.7 cm³/mol. The zero-order valence-corrected chi connectivity index (χ0v) is 11.2. The summed E-state index contributed by atoms with van der Waals surface area (Å²) in [6, 6.07) is 3.93. The summed E-state index contributed by atoms with van der Waals surface area (Å²) in [7, 11) is 0. The van der Waals surface area contributed by atoms with Crippen LogP contribution in [0.5, 0.6) is 0 Å². The Morgan fingerprint density at radius 2 is 2.17 bits per heavy atom. The lowest BCUT2D eigenvalue weighted by atomic mass is 9.78. The van der Waals surface area contributed by atoms with Crippen molar-refractivity contribution in [3.05, 3.63) is 34.1 Å². The van der Waals surface area contributed by atoms with Crippen LogP contribution < -0.4 is 5.32 Å². The minimum Gasteiger partial charge on any atom is -0.379 e. The minimum atomic E-state index is -0.188. The molecule has 2 fully saturated rings. The molecule has 1 aromatic carbocycles. The molecule has 1 aliphatic carbocycles. The summed E-state index contributed by atoms with van der Waals surface area (Å²) in [6.07, 6.45) is 2.49. The van der Waals surface area contributed by atoms with Crippen LogP contribution >= 0.6 is 11.6 Å². The van der Waals surface area contributed by atoms with Crippen LogP contribution in [0.3, 0.4) is 0 Å². The zero-order chi connectivity index (χ0) is 12.8. The van der Waals surface area contributed by atoms with Crippen LogP contribution in [0.25, 0.3) is 0 Å². The second-order valence-corrected chi connectivity index (χ2v) is 5.92. The van der Waals surface area contributed by atoms with Crippen molar-refractivity contribution in [1.29, 1.82) is 0 Å². The van der Waals surface area contributed by atoms with Crippen LogP contribution in [0, 0.1) is 12.7 Å². The van der Waals surface area contributed by atoms with E-state index in [1.807, 2.05) is 0 Å². The van der Waals surface area contributed by atoms with Crippen molar-refractivity contribution in [1.82, 2.24) is 5.32 Å². The number of rotatable bonds is 4. The molecule has 0 amide bonds. The van der Waals surface area contributed by atoms with E-state index in [-0.39, 0.29) is 11.2 Å². The number of ether oxygens (including phenoxy) is 1. The van der Waals surface area contributed by atoms with Crippen LogP contribution in [0.2, 0.25) is 5.02 Å². The first-order valence-electron chi connectivity index (χ1n) is 6.38. The summed E-state index contributed by atoms with van der Waals surface area (Å²) in [6.45, 7) is 3.79. The highest BCUT2D eigenvalue weighted by atomic mass is 35.5. The average molecular weight is 270 g/mol. The van der Waals surface area contributed by atoms with Crippen LogP contribution in [0.15, 0.2) is 12.1 Å². The third kappa shape index (κ3) is 2.15. The molecule has 2 nitrogen and oxygen atoms in total. The van der Waals surface area contributed by atoms with Gasteiger partial charge in [-0.2, -0.15) is 0 Å². The fraction of sp³-hybridized carbons (Fsp3) is 0.571. The molecule has 1 saturated carbocycles. The summed E-state index contributed by atoms with van der Waals surface area (Å²) in [5, 5.41) is 4.15. The normalized spacial score (nSPS) is 21.7. The van der Waals surface area contributed by atoms with Crippen molar-refractivity contribution in [2.75, 3.05) is 19.8 Å². The van der Waals surface area contributed by atoms with E-state index in [1.54, 1.807) is 19.1 Å². The van der Waals surface area contributed by atoms with Gasteiger partial charge >= 0.3 is 0 Å². The molecule has 4 heteroatoms. The van der Waals surface area contributed by atoms with Gasteiger partial charge in [-0.05, 0) is 43.0 Å². The number of hydrogen-bond acceptors (Lipinski definition) is 2. The third-order valence-electron chi connectivity index (χ3n) is 3.88. The highest BCUT2D eigenvalue weighted by Gasteiger charge is 2.43. The molecule has 2 aliphatic rings. The summed E-state index contributed by atoms with van der Waals surface area (Å²) in [4.78, 5) is 0. The van der Waals surface area contributed by atoms with E-state index in [2.05, 4.69) is 5.32 Å². The van der Waals surface area contributed by atoms with Crippen molar-refractivity contribution in [3.8, 4) is 0 Å². The highest BCUT2D eigenvalue weighted by molar-refractivity contribution is 6.31. The van der Waals surface area contributed by atoms with E-state index in [0.717, 1.165) is 12.1 Å². The van der Waals surface area contributed by atoms with Crippen LogP contribution in [0.1, 0.15) is 24.0 Å². The van der Waals surface area contributed by atoms with Crippen molar-refractivity contribution >= 4 is 11.6 Å². The molecule has 0 bridgehead atoms. The molecule has 3 rings (SSSR count). The predicted octanol–water partition coefficient (Wildman–Crippen LogP) is 2.81. The maximum atomic E-state index is 13.7. The van der Waals surface area contributed by atoms with Crippen LogP contribution in [-0.4, -0.2) is 25.8 Å². The molecule has 1 aromatic rings. The fourth-order valence-electron chi connectivity index (χ4n) is 2.38. The molecule has 0 aromatic heterocycles. The SMILES string of the molecule is Cc1cc(Cl)c(C2(CNC3CC3)COC2)cc1F. The molecule has 98 valence electrons. The van der Waals surface area contributed by atoms with Gasteiger partial charge in [0.2, 0.25) is 0 Å². The van der Waals surface area contributed by atoms with Gasteiger partial charge in [0.05, 0.1) is 18.6 Å². The van der Waals surface area contributed by atoms with Crippen molar-refractivity contribution in [2.45, 2.75) is 31.2 Å².